The number of nitrogens with one attached hydrogen (secondary N) is 1. The molecule has 3 amide bonds. The lowest BCUT2D eigenvalue weighted by Crippen LogP contribution is -2.45. The van der Waals surface area contributed by atoms with Crippen LogP contribution in [0.1, 0.15) is 6.92 Å². The molecule has 0 bridgehead atoms. The number of hydrogen-bond acceptors (Lipinski definition) is 3. The maximum atomic E-state index is 10.7. The fourth-order valence-corrected chi connectivity index (χ4v) is 0.428. The lowest BCUT2D eigenvalue weighted by molar-refractivity contribution is 0.130. The molecule has 0 aromatic rings. The monoisotopic (exact) mass is 172 g/mol. The van der Waals surface area contributed by atoms with E-state index in [0.717, 1.165) is 6.20 Å². The number of primary amides is 1. The normalized spacial score (nSPS) is 8.42. The zero-order valence-corrected chi connectivity index (χ0v) is 6.61. The van der Waals surface area contributed by atoms with Crippen LogP contribution in [0.25, 0.3) is 0 Å². The van der Waals surface area contributed by atoms with Gasteiger partial charge in [0.25, 0.3) is 0 Å². The summed E-state index contributed by atoms with van der Waals surface area (Å²) in [6.07, 6.45) is 0.0252. The van der Waals surface area contributed by atoms with E-state index in [9.17, 15) is 9.59 Å². The second kappa shape index (κ2) is 5.00. The van der Waals surface area contributed by atoms with E-state index in [1.165, 1.54) is 0 Å². The van der Waals surface area contributed by atoms with E-state index < -0.39 is 12.1 Å². The van der Waals surface area contributed by atoms with Gasteiger partial charge in [0.1, 0.15) is 0 Å². The van der Waals surface area contributed by atoms with Crippen LogP contribution in [0.5, 0.6) is 0 Å². The first-order valence-corrected chi connectivity index (χ1v) is 3.19. The van der Waals surface area contributed by atoms with Crippen molar-refractivity contribution in [2.75, 3.05) is 6.61 Å². The molecule has 0 aromatic carbocycles. The van der Waals surface area contributed by atoms with Crippen molar-refractivity contribution in [2.45, 2.75) is 6.92 Å². The second-order valence-corrected chi connectivity index (χ2v) is 1.69. The lowest BCUT2D eigenvalue weighted by Gasteiger charge is -2.14. The smallest absolute Gasteiger partial charge is 0.426 e. The van der Waals surface area contributed by atoms with E-state index in [1.807, 2.05) is 5.43 Å². The maximum Gasteiger partial charge on any atom is 0.426 e. The molecular formula is C6H10N3O3. The Hall–Kier alpha value is -1.72. The van der Waals surface area contributed by atoms with Crippen LogP contribution < -0.4 is 11.2 Å². The lowest BCUT2D eigenvalue weighted by atomic mass is 10.8. The number of amides is 3. The second-order valence-electron chi connectivity index (χ2n) is 1.69. The SMILES string of the molecule is [CH]=CN(NC(=O)OCC)C(N)=O. The fourth-order valence-electron chi connectivity index (χ4n) is 0.428. The van der Waals surface area contributed by atoms with Crippen LogP contribution in [0, 0.1) is 6.58 Å². The number of hydrogen-bond donors (Lipinski definition) is 2. The summed E-state index contributed by atoms with van der Waals surface area (Å²) in [4.78, 5) is 21.1. The largest absolute Gasteiger partial charge is 0.449 e. The van der Waals surface area contributed by atoms with Crippen LogP contribution in [0.3, 0.4) is 0 Å². The van der Waals surface area contributed by atoms with E-state index in [2.05, 4.69) is 4.74 Å². The van der Waals surface area contributed by atoms with Crippen molar-refractivity contribution in [2.24, 2.45) is 5.73 Å². The number of carbonyl (C=O) groups is 2. The van der Waals surface area contributed by atoms with E-state index in [-0.39, 0.29) is 6.61 Å². The van der Waals surface area contributed by atoms with Crippen molar-refractivity contribution in [3.05, 3.63) is 12.8 Å². The summed E-state index contributed by atoms with van der Waals surface area (Å²) in [7, 11) is 0. The van der Waals surface area contributed by atoms with Crippen LogP contribution in [0.4, 0.5) is 9.59 Å². The van der Waals surface area contributed by atoms with Gasteiger partial charge in [0.15, 0.2) is 0 Å². The summed E-state index contributed by atoms with van der Waals surface area (Å²) < 4.78 is 4.45. The van der Waals surface area contributed by atoms with Gasteiger partial charge in [-0.1, -0.05) is 0 Å². The summed E-state index contributed by atoms with van der Waals surface area (Å²) >= 11 is 0. The Balaban J connectivity index is 3.94. The van der Waals surface area contributed by atoms with Gasteiger partial charge in [-0.3, -0.25) is 0 Å². The first kappa shape index (κ1) is 10.3. The molecule has 67 valence electrons. The van der Waals surface area contributed by atoms with E-state index >= 15 is 0 Å². The topological polar surface area (TPSA) is 84.7 Å². The van der Waals surface area contributed by atoms with Gasteiger partial charge in [-0.2, -0.15) is 0 Å². The molecule has 1 radical (unpaired) electrons. The number of ether oxygens (including phenoxy) is 1. The minimum atomic E-state index is -0.898. The highest BCUT2D eigenvalue weighted by molar-refractivity contribution is 5.77. The number of nitrogens with zero attached hydrogens (tertiary/aromatic N) is 1. The van der Waals surface area contributed by atoms with Crippen molar-refractivity contribution >= 4 is 12.1 Å². The van der Waals surface area contributed by atoms with Crippen molar-refractivity contribution < 1.29 is 14.3 Å². The first-order chi connectivity index (χ1) is 5.61. The summed E-state index contributed by atoms with van der Waals surface area (Å²) in [5.74, 6) is 0. The molecule has 0 spiro atoms. The average molecular weight is 172 g/mol. The number of rotatable bonds is 2. The Bertz CT molecular complexity index is 192. The summed E-state index contributed by atoms with van der Waals surface area (Å²) in [5.41, 5.74) is 6.78. The molecule has 12 heavy (non-hydrogen) atoms. The highest BCUT2D eigenvalue weighted by Gasteiger charge is 2.09. The van der Waals surface area contributed by atoms with Crippen molar-refractivity contribution in [3.8, 4) is 0 Å². The molecule has 0 saturated heterocycles. The Kier molecular flexibility index (Phi) is 4.28. The Morgan fingerprint density at radius 3 is 2.67 bits per heavy atom. The molecule has 0 aliphatic carbocycles. The summed E-state index contributed by atoms with van der Waals surface area (Å²) in [6, 6.07) is -0.898. The number of hydrazine groups is 1. The van der Waals surface area contributed by atoms with Gasteiger partial charge in [0.05, 0.1) is 6.61 Å². The number of nitrogens with two attached hydrogens (primary N) is 1. The minimum Gasteiger partial charge on any atom is -0.449 e. The van der Waals surface area contributed by atoms with Crippen LogP contribution >= 0.6 is 0 Å². The van der Waals surface area contributed by atoms with Crippen LogP contribution in [-0.2, 0) is 4.74 Å². The molecule has 3 N–H and O–H groups in total. The molecular weight excluding hydrogens is 162 g/mol. The Labute approximate surface area is 69.9 Å². The van der Waals surface area contributed by atoms with Crippen molar-refractivity contribution in [3.63, 3.8) is 0 Å². The average Bonchev–Trinajstić information content (AvgIpc) is 2.00. The van der Waals surface area contributed by atoms with Gasteiger partial charge in [0, 0.05) is 6.20 Å². The zero-order chi connectivity index (χ0) is 9.56. The molecule has 0 aliphatic heterocycles. The summed E-state index contributed by atoms with van der Waals surface area (Å²) in [6.45, 7) is 6.77. The Morgan fingerprint density at radius 2 is 2.33 bits per heavy atom. The predicted octanol–water partition coefficient (Wildman–Crippen LogP) is -0.0251. The van der Waals surface area contributed by atoms with Crippen LogP contribution in [0.15, 0.2) is 6.20 Å². The highest BCUT2D eigenvalue weighted by Crippen LogP contribution is 1.83. The van der Waals surface area contributed by atoms with Gasteiger partial charge in [-0.05, 0) is 13.5 Å². The third-order valence-electron chi connectivity index (χ3n) is 0.874. The molecule has 0 aliphatic rings. The fraction of sp³-hybridized carbons (Fsp3) is 0.333. The van der Waals surface area contributed by atoms with Gasteiger partial charge in [-0.25, -0.2) is 20.0 Å². The standard InChI is InChI=1S/C6H10N3O3/c1-3-9(5(7)10)8-6(11)12-4-2/h1,3H,4H2,2H3,(H2,7,10)(H,8,11). The highest BCUT2D eigenvalue weighted by atomic mass is 16.6. The molecule has 0 heterocycles. The van der Waals surface area contributed by atoms with E-state index in [4.69, 9.17) is 12.3 Å². The molecule has 0 fully saturated rings. The van der Waals surface area contributed by atoms with Gasteiger partial charge >= 0.3 is 12.1 Å². The number of urea groups is 1. The minimum absolute atomic E-state index is 0.197. The van der Waals surface area contributed by atoms with Gasteiger partial charge in [-0.15, -0.1) is 0 Å². The van der Waals surface area contributed by atoms with E-state index in [0.29, 0.717) is 5.01 Å². The maximum absolute atomic E-state index is 10.7. The van der Waals surface area contributed by atoms with Gasteiger partial charge in [0.2, 0.25) is 0 Å². The molecule has 0 aromatic heterocycles. The number of carbonyl (C=O) groups excluding carboxylic acids is 2. The van der Waals surface area contributed by atoms with Crippen molar-refractivity contribution in [1.82, 2.24) is 10.4 Å². The first-order valence-electron chi connectivity index (χ1n) is 3.19. The van der Waals surface area contributed by atoms with Gasteiger partial charge < -0.3 is 10.5 Å². The van der Waals surface area contributed by atoms with Crippen molar-refractivity contribution in [1.29, 1.82) is 0 Å². The molecule has 0 saturated carbocycles. The third kappa shape index (κ3) is 3.45. The Morgan fingerprint density at radius 1 is 1.75 bits per heavy atom. The van der Waals surface area contributed by atoms with Crippen LogP contribution in [0.2, 0.25) is 0 Å². The predicted molar refractivity (Wildman–Crippen MR) is 40.5 cm³/mol. The van der Waals surface area contributed by atoms with E-state index in [1.54, 1.807) is 6.92 Å². The quantitative estimate of drug-likeness (QED) is 0.574. The third-order valence-corrected chi connectivity index (χ3v) is 0.874. The molecule has 6 heteroatoms. The zero-order valence-electron chi connectivity index (χ0n) is 6.61. The molecule has 0 unspecified atom stereocenters. The summed E-state index contributed by atoms with van der Waals surface area (Å²) in [5, 5.41) is 0.609. The molecule has 0 rings (SSSR count). The molecule has 6 nitrogen and oxygen atoms in total. The van der Waals surface area contributed by atoms with Crippen LogP contribution in [-0.4, -0.2) is 23.7 Å². The molecule has 0 atom stereocenters.